The molecule has 0 aliphatic carbocycles. The van der Waals surface area contributed by atoms with Gasteiger partial charge in [-0.05, 0) is 25.5 Å². The zero-order valence-electron chi connectivity index (χ0n) is 13.3. The minimum absolute atomic E-state index is 0.00337. The van der Waals surface area contributed by atoms with E-state index in [1.54, 1.807) is 12.1 Å². The molecular formula is C18H21N3O2. The molecule has 23 heavy (non-hydrogen) atoms. The first kappa shape index (κ1) is 15.3. The summed E-state index contributed by atoms with van der Waals surface area (Å²) in [5, 5.41) is 11.1. The molecule has 3 rings (SSSR count). The lowest BCUT2D eigenvalue weighted by Gasteiger charge is -2.24. The number of pyridine rings is 1. The van der Waals surface area contributed by atoms with Gasteiger partial charge in [-0.1, -0.05) is 17.7 Å². The Morgan fingerprint density at radius 2 is 1.70 bits per heavy atom. The molecule has 1 saturated heterocycles. The SMILES string of the molecule is Cc1ccc(N2CCCN(C(=O)c3cc[n+]([O-])cc3)CC2)cc1. The van der Waals surface area contributed by atoms with E-state index in [0.29, 0.717) is 16.8 Å². The number of nitrogens with zero attached hydrogens (tertiary/aromatic N) is 3. The standard InChI is InChI=1S/C18H21N3O2/c1-15-3-5-17(6-4-15)19-9-2-10-20(14-13-19)18(22)16-7-11-21(23)12-8-16/h3-8,11-12H,2,9-10,13-14H2,1H3. The van der Waals surface area contributed by atoms with Crippen molar-refractivity contribution in [3.8, 4) is 0 Å². The molecule has 5 nitrogen and oxygen atoms in total. The summed E-state index contributed by atoms with van der Waals surface area (Å²) in [6, 6.07) is 11.7. The summed E-state index contributed by atoms with van der Waals surface area (Å²) < 4.78 is 0.693. The quantitative estimate of drug-likeness (QED) is 0.629. The Bertz CT molecular complexity index is 668. The van der Waals surface area contributed by atoms with E-state index in [0.717, 1.165) is 26.1 Å². The summed E-state index contributed by atoms with van der Waals surface area (Å²) in [5.74, 6) is -0.00337. The molecule has 0 spiro atoms. The molecule has 120 valence electrons. The Morgan fingerprint density at radius 1 is 1.00 bits per heavy atom. The largest absolute Gasteiger partial charge is 0.619 e. The van der Waals surface area contributed by atoms with Crippen LogP contribution in [0.2, 0.25) is 0 Å². The summed E-state index contributed by atoms with van der Waals surface area (Å²) in [6.45, 7) is 5.29. The fourth-order valence-corrected chi connectivity index (χ4v) is 2.87. The second-order valence-corrected chi connectivity index (χ2v) is 5.92. The van der Waals surface area contributed by atoms with Crippen molar-refractivity contribution < 1.29 is 9.52 Å². The van der Waals surface area contributed by atoms with Crippen molar-refractivity contribution in [3.05, 3.63) is 65.1 Å². The number of hydrogen-bond acceptors (Lipinski definition) is 3. The second-order valence-electron chi connectivity index (χ2n) is 5.92. The molecule has 2 heterocycles. The predicted molar refractivity (Wildman–Crippen MR) is 89.3 cm³/mol. The monoisotopic (exact) mass is 311 g/mol. The first-order valence-electron chi connectivity index (χ1n) is 7.93. The van der Waals surface area contributed by atoms with Crippen LogP contribution in [0, 0.1) is 12.1 Å². The van der Waals surface area contributed by atoms with Crippen LogP contribution in [0.5, 0.6) is 0 Å². The lowest BCUT2D eigenvalue weighted by Crippen LogP contribution is -2.35. The third kappa shape index (κ3) is 3.62. The molecular weight excluding hydrogens is 290 g/mol. The van der Waals surface area contributed by atoms with E-state index in [9.17, 15) is 10.0 Å². The van der Waals surface area contributed by atoms with E-state index >= 15 is 0 Å². The average molecular weight is 311 g/mol. The van der Waals surface area contributed by atoms with Crippen LogP contribution in [0.1, 0.15) is 22.3 Å². The van der Waals surface area contributed by atoms with Gasteiger partial charge in [0.1, 0.15) is 0 Å². The van der Waals surface area contributed by atoms with Crippen molar-refractivity contribution >= 4 is 11.6 Å². The predicted octanol–water partition coefficient (Wildman–Crippen LogP) is 1.98. The van der Waals surface area contributed by atoms with E-state index in [-0.39, 0.29) is 5.91 Å². The lowest BCUT2D eigenvalue weighted by molar-refractivity contribution is -0.605. The second kappa shape index (κ2) is 6.69. The van der Waals surface area contributed by atoms with Gasteiger partial charge in [-0.3, -0.25) is 4.79 Å². The zero-order chi connectivity index (χ0) is 16.2. The highest BCUT2D eigenvalue weighted by Crippen LogP contribution is 2.18. The van der Waals surface area contributed by atoms with E-state index in [4.69, 9.17) is 0 Å². The van der Waals surface area contributed by atoms with Crippen molar-refractivity contribution in [1.29, 1.82) is 0 Å². The maximum absolute atomic E-state index is 12.5. The number of anilines is 1. The first-order valence-corrected chi connectivity index (χ1v) is 7.93. The first-order chi connectivity index (χ1) is 11.1. The highest BCUT2D eigenvalue weighted by molar-refractivity contribution is 5.94. The Kier molecular flexibility index (Phi) is 4.46. The fourth-order valence-electron chi connectivity index (χ4n) is 2.87. The average Bonchev–Trinajstić information content (AvgIpc) is 2.82. The van der Waals surface area contributed by atoms with Gasteiger partial charge < -0.3 is 15.0 Å². The molecule has 1 aromatic heterocycles. The number of carbonyl (C=O) groups excluding carboxylic acids is 1. The van der Waals surface area contributed by atoms with E-state index in [1.165, 1.54) is 23.6 Å². The van der Waals surface area contributed by atoms with Crippen LogP contribution in [-0.2, 0) is 0 Å². The maximum atomic E-state index is 12.5. The molecule has 5 heteroatoms. The van der Waals surface area contributed by atoms with Gasteiger partial charge in [-0.25, -0.2) is 0 Å². The highest BCUT2D eigenvalue weighted by Gasteiger charge is 2.20. The normalized spacial score (nSPS) is 15.3. The summed E-state index contributed by atoms with van der Waals surface area (Å²) in [5.41, 5.74) is 3.03. The topological polar surface area (TPSA) is 50.5 Å². The summed E-state index contributed by atoms with van der Waals surface area (Å²) in [4.78, 5) is 16.7. The van der Waals surface area contributed by atoms with Crippen LogP contribution in [0.15, 0.2) is 48.8 Å². The van der Waals surface area contributed by atoms with Crippen molar-refractivity contribution in [1.82, 2.24) is 4.90 Å². The minimum atomic E-state index is -0.00337. The van der Waals surface area contributed by atoms with Gasteiger partial charge in [0.15, 0.2) is 12.4 Å². The molecule has 0 N–H and O–H groups in total. The molecule has 1 aromatic carbocycles. The van der Waals surface area contributed by atoms with Crippen LogP contribution < -0.4 is 9.63 Å². The molecule has 0 atom stereocenters. The molecule has 1 fully saturated rings. The molecule has 0 saturated carbocycles. The summed E-state index contributed by atoms with van der Waals surface area (Å²) in [7, 11) is 0. The van der Waals surface area contributed by atoms with Gasteiger partial charge >= 0.3 is 0 Å². The maximum Gasteiger partial charge on any atom is 0.254 e. The third-order valence-electron chi connectivity index (χ3n) is 4.23. The number of benzene rings is 1. The van der Waals surface area contributed by atoms with Crippen LogP contribution in [0.25, 0.3) is 0 Å². The summed E-state index contributed by atoms with van der Waals surface area (Å²) in [6.07, 6.45) is 3.67. The van der Waals surface area contributed by atoms with Gasteiger partial charge in [0, 0.05) is 44.0 Å². The van der Waals surface area contributed by atoms with E-state index in [1.807, 2.05) is 4.90 Å². The highest BCUT2D eigenvalue weighted by atomic mass is 16.5. The zero-order valence-corrected chi connectivity index (χ0v) is 13.3. The molecule has 0 unspecified atom stereocenters. The fraction of sp³-hybridized carbons (Fsp3) is 0.333. The van der Waals surface area contributed by atoms with Crippen molar-refractivity contribution in [2.45, 2.75) is 13.3 Å². The van der Waals surface area contributed by atoms with Gasteiger partial charge in [0.2, 0.25) is 0 Å². The third-order valence-corrected chi connectivity index (χ3v) is 4.23. The van der Waals surface area contributed by atoms with Gasteiger partial charge in [0.05, 0.1) is 5.56 Å². The molecule has 1 aliphatic heterocycles. The number of aryl methyl sites for hydroxylation is 1. The number of amides is 1. The number of carbonyl (C=O) groups is 1. The number of aromatic nitrogens is 1. The Hall–Kier alpha value is -2.56. The van der Waals surface area contributed by atoms with Gasteiger partial charge in [-0.15, -0.1) is 0 Å². The van der Waals surface area contributed by atoms with Crippen LogP contribution in [-0.4, -0.2) is 37.0 Å². The number of rotatable bonds is 2. The Morgan fingerprint density at radius 3 is 2.39 bits per heavy atom. The van der Waals surface area contributed by atoms with Gasteiger partial charge in [-0.2, -0.15) is 4.73 Å². The minimum Gasteiger partial charge on any atom is -0.619 e. The van der Waals surface area contributed by atoms with Crippen molar-refractivity contribution in [2.75, 3.05) is 31.1 Å². The van der Waals surface area contributed by atoms with Crippen LogP contribution in [0.3, 0.4) is 0 Å². The molecule has 1 amide bonds. The van der Waals surface area contributed by atoms with Crippen LogP contribution in [0.4, 0.5) is 5.69 Å². The van der Waals surface area contributed by atoms with Crippen molar-refractivity contribution in [2.24, 2.45) is 0 Å². The number of hydrogen-bond donors (Lipinski definition) is 0. The Labute approximate surface area is 136 Å². The Balaban J connectivity index is 1.67. The van der Waals surface area contributed by atoms with E-state index < -0.39 is 0 Å². The molecule has 2 aromatic rings. The van der Waals surface area contributed by atoms with Crippen LogP contribution >= 0.6 is 0 Å². The molecule has 0 radical (unpaired) electrons. The molecule has 0 bridgehead atoms. The summed E-state index contributed by atoms with van der Waals surface area (Å²) >= 11 is 0. The van der Waals surface area contributed by atoms with E-state index in [2.05, 4.69) is 36.1 Å². The van der Waals surface area contributed by atoms with Crippen molar-refractivity contribution in [3.63, 3.8) is 0 Å². The lowest BCUT2D eigenvalue weighted by atomic mass is 10.2. The van der Waals surface area contributed by atoms with Gasteiger partial charge in [0.25, 0.3) is 5.91 Å². The smallest absolute Gasteiger partial charge is 0.254 e. The molecule has 1 aliphatic rings.